The zero-order chi connectivity index (χ0) is 24.2. The lowest BCUT2D eigenvalue weighted by molar-refractivity contribution is -0.115. The second-order valence-corrected chi connectivity index (χ2v) is 8.43. The molecule has 0 atom stereocenters. The zero-order valence-corrected chi connectivity index (χ0v) is 19.7. The third kappa shape index (κ3) is 4.75. The molecule has 4 aromatic rings. The van der Waals surface area contributed by atoms with Crippen molar-refractivity contribution in [1.82, 2.24) is 29.9 Å². The van der Waals surface area contributed by atoms with E-state index in [0.29, 0.717) is 15.9 Å². The number of methoxy groups -OCH3 is 1. The molecule has 2 aromatic heterocycles. The van der Waals surface area contributed by atoms with E-state index >= 15 is 0 Å². The molecular weight excluding hydrogens is 464 g/mol. The molecule has 0 spiro atoms. The molecule has 35 heavy (non-hydrogen) atoms. The Kier molecular flexibility index (Phi) is 6.22. The Balaban J connectivity index is 1.41. The molecule has 0 unspecified atom stereocenters. The summed E-state index contributed by atoms with van der Waals surface area (Å²) in [7, 11) is 1.61. The van der Waals surface area contributed by atoms with Gasteiger partial charge in [-0.25, -0.2) is 14.3 Å². The highest BCUT2D eigenvalue weighted by Crippen LogP contribution is 2.27. The Morgan fingerprint density at radius 3 is 2.63 bits per heavy atom. The summed E-state index contributed by atoms with van der Waals surface area (Å²) in [5.41, 5.74) is 3.23. The second-order valence-electron chi connectivity index (χ2n) is 7.40. The highest BCUT2D eigenvalue weighted by atomic mass is 32.2. The number of carbonyl (C=O) groups is 1. The van der Waals surface area contributed by atoms with Crippen LogP contribution in [0.5, 0.6) is 5.75 Å². The third-order valence-corrected chi connectivity index (χ3v) is 6.02. The summed E-state index contributed by atoms with van der Waals surface area (Å²) in [4.78, 5) is 17.0. The number of aryl methyl sites for hydroxylation is 1. The molecule has 11 heteroatoms. The number of carbonyl (C=O) groups excluding carboxylic acids is 1. The molecule has 0 aliphatic carbocycles. The van der Waals surface area contributed by atoms with E-state index in [1.807, 2.05) is 61.5 Å². The molecule has 1 aliphatic rings. The lowest BCUT2D eigenvalue weighted by Crippen LogP contribution is -2.19. The lowest BCUT2D eigenvalue weighted by atomic mass is 10.2. The van der Waals surface area contributed by atoms with E-state index in [1.165, 1.54) is 18.1 Å². The summed E-state index contributed by atoms with van der Waals surface area (Å²) in [6.07, 6.45) is 6.45. The SMILES string of the molecule is COc1ccc(C=C2S/C(=N\N=Cc3c(C)nn(-c4ccccc4)c3-n3cncn3)NC2=O)cc1. The molecule has 174 valence electrons. The van der Waals surface area contributed by atoms with Gasteiger partial charge >= 0.3 is 0 Å². The van der Waals surface area contributed by atoms with E-state index in [1.54, 1.807) is 35.1 Å². The van der Waals surface area contributed by atoms with Crippen molar-refractivity contribution in [2.45, 2.75) is 6.92 Å². The van der Waals surface area contributed by atoms with Gasteiger partial charge in [0, 0.05) is 0 Å². The number of aromatic nitrogens is 5. The maximum Gasteiger partial charge on any atom is 0.264 e. The molecule has 0 bridgehead atoms. The largest absolute Gasteiger partial charge is 0.497 e. The van der Waals surface area contributed by atoms with Gasteiger partial charge in [0.2, 0.25) is 0 Å². The van der Waals surface area contributed by atoms with Crippen LogP contribution in [-0.2, 0) is 4.79 Å². The molecule has 1 amide bonds. The first kappa shape index (κ1) is 22.3. The summed E-state index contributed by atoms with van der Waals surface area (Å²) in [5, 5.41) is 20.5. The fourth-order valence-corrected chi connectivity index (χ4v) is 4.21. The molecular formula is C24H20N8O2S. The number of nitrogens with one attached hydrogen (secondary N) is 1. The van der Waals surface area contributed by atoms with Crippen LogP contribution >= 0.6 is 11.8 Å². The minimum absolute atomic E-state index is 0.226. The van der Waals surface area contributed by atoms with Crippen LogP contribution in [0.2, 0.25) is 0 Å². The van der Waals surface area contributed by atoms with Crippen molar-refractivity contribution < 1.29 is 9.53 Å². The van der Waals surface area contributed by atoms with Crippen LogP contribution < -0.4 is 10.1 Å². The van der Waals surface area contributed by atoms with Crippen molar-refractivity contribution in [3.63, 3.8) is 0 Å². The van der Waals surface area contributed by atoms with Gasteiger partial charge in [-0.1, -0.05) is 30.3 Å². The van der Waals surface area contributed by atoms with Crippen molar-refractivity contribution in [3.05, 3.63) is 89.0 Å². The van der Waals surface area contributed by atoms with E-state index < -0.39 is 0 Å². The van der Waals surface area contributed by atoms with Gasteiger partial charge in [0.25, 0.3) is 5.91 Å². The number of hydrogen-bond donors (Lipinski definition) is 1. The van der Waals surface area contributed by atoms with Gasteiger partial charge in [-0.2, -0.15) is 15.3 Å². The number of rotatable bonds is 6. The molecule has 5 rings (SSSR count). The first-order valence-electron chi connectivity index (χ1n) is 10.6. The molecule has 0 saturated carbocycles. The Morgan fingerprint density at radius 1 is 1.11 bits per heavy atom. The highest BCUT2D eigenvalue weighted by molar-refractivity contribution is 8.18. The lowest BCUT2D eigenvalue weighted by Gasteiger charge is -2.07. The number of benzene rings is 2. The van der Waals surface area contributed by atoms with Gasteiger partial charge in [0.05, 0.1) is 35.2 Å². The number of thioether (sulfide) groups is 1. The van der Waals surface area contributed by atoms with E-state index in [0.717, 1.165) is 28.3 Å². The Hall–Kier alpha value is -4.51. The molecule has 0 radical (unpaired) electrons. The number of amides is 1. The van der Waals surface area contributed by atoms with Gasteiger partial charge < -0.3 is 4.74 Å². The average Bonchev–Trinajstić information content (AvgIpc) is 3.60. The maximum absolute atomic E-state index is 12.4. The van der Waals surface area contributed by atoms with Crippen molar-refractivity contribution >= 4 is 35.1 Å². The Labute approximate surface area is 205 Å². The van der Waals surface area contributed by atoms with E-state index in [9.17, 15) is 4.79 Å². The normalized spacial score (nSPS) is 15.9. The number of para-hydroxylation sites is 1. The predicted molar refractivity (Wildman–Crippen MR) is 135 cm³/mol. The minimum atomic E-state index is -0.226. The van der Waals surface area contributed by atoms with E-state index in [4.69, 9.17) is 4.74 Å². The first-order valence-corrected chi connectivity index (χ1v) is 11.4. The predicted octanol–water partition coefficient (Wildman–Crippen LogP) is 3.36. The van der Waals surface area contributed by atoms with Crippen LogP contribution in [0.15, 0.2) is 82.4 Å². The van der Waals surface area contributed by atoms with Crippen LogP contribution in [0.4, 0.5) is 0 Å². The van der Waals surface area contributed by atoms with Crippen LogP contribution in [0.25, 0.3) is 17.6 Å². The summed E-state index contributed by atoms with van der Waals surface area (Å²) in [6.45, 7) is 1.89. The van der Waals surface area contributed by atoms with Crippen LogP contribution in [-0.4, -0.2) is 48.9 Å². The highest BCUT2D eigenvalue weighted by Gasteiger charge is 2.24. The van der Waals surface area contributed by atoms with Crippen LogP contribution in [0.1, 0.15) is 16.8 Å². The second kappa shape index (κ2) is 9.77. The zero-order valence-electron chi connectivity index (χ0n) is 18.9. The first-order chi connectivity index (χ1) is 17.1. The number of amidine groups is 1. The van der Waals surface area contributed by atoms with E-state index in [2.05, 4.69) is 30.7 Å². The molecule has 10 nitrogen and oxygen atoms in total. The molecule has 1 aliphatic heterocycles. The monoisotopic (exact) mass is 484 g/mol. The van der Waals surface area contributed by atoms with Crippen molar-refractivity contribution in [2.75, 3.05) is 7.11 Å². The summed E-state index contributed by atoms with van der Waals surface area (Å²) in [5.74, 6) is 1.21. The summed E-state index contributed by atoms with van der Waals surface area (Å²) >= 11 is 1.22. The van der Waals surface area contributed by atoms with E-state index in [-0.39, 0.29) is 5.91 Å². The summed E-state index contributed by atoms with van der Waals surface area (Å²) < 4.78 is 8.58. The molecule has 1 fully saturated rings. The van der Waals surface area contributed by atoms with Crippen molar-refractivity contribution in [3.8, 4) is 17.3 Å². The molecule has 1 saturated heterocycles. The Morgan fingerprint density at radius 2 is 1.91 bits per heavy atom. The fourth-order valence-electron chi connectivity index (χ4n) is 3.43. The van der Waals surface area contributed by atoms with Gasteiger partial charge in [-0.15, -0.1) is 5.10 Å². The van der Waals surface area contributed by atoms with Gasteiger partial charge in [0.15, 0.2) is 11.0 Å². The topological polar surface area (TPSA) is 112 Å². The Bertz CT molecular complexity index is 1440. The van der Waals surface area contributed by atoms with Crippen LogP contribution in [0, 0.1) is 6.92 Å². The number of nitrogens with zero attached hydrogens (tertiary/aromatic N) is 7. The maximum atomic E-state index is 12.4. The molecule has 1 N–H and O–H groups in total. The van der Waals surface area contributed by atoms with Crippen LogP contribution in [0.3, 0.4) is 0 Å². The smallest absolute Gasteiger partial charge is 0.264 e. The van der Waals surface area contributed by atoms with Gasteiger partial charge in [0.1, 0.15) is 18.4 Å². The standard InChI is InChI=1S/C24H20N8O2S/c1-16-20(23(31-15-25-14-27-31)32(30-16)18-6-4-3-5-7-18)13-26-29-24-28-22(33)21(35-24)12-17-8-10-19(34-2)11-9-17/h3-15H,1-2H3,(H,28,29,33). The summed E-state index contributed by atoms with van der Waals surface area (Å²) in [6, 6.07) is 17.2. The van der Waals surface area contributed by atoms with Crippen molar-refractivity contribution in [2.24, 2.45) is 10.2 Å². The minimum Gasteiger partial charge on any atom is -0.497 e. The molecule has 3 heterocycles. The quantitative estimate of drug-likeness (QED) is 0.255. The number of hydrogen-bond acceptors (Lipinski definition) is 8. The average molecular weight is 485 g/mol. The van der Waals surface area contributed by atoms with Gasteiger partial charge in [-0.3, -0.25) is 10.1 Å². The van der Waals surface area contributed by atoms with Gasteiger partial charge in [-0.05, 0) is 54.6 Å². The molecule has 2 aromatic carbocycles. The number of ether oxygens (including phenoxy) is 1. The third-order valence-electron chi connectivity index (χ3n) is 5.12. The fraction of sp³-hybridized carbons (Fsp3) is 0.0833. The van der Waals surface area contributed by atoms with Crippen molar-refractivity contribution in [1.29, 1.82) is 0 Å².